The van der Waals surface area contributed by atoms with Gasteiger partial charge in [0.05, 0.1) is 16.8 Å². The molecule has 1 aliphatic heterocycles. The highest BCUT2D eigenvalue weighted by Gasteiger charge is 2.36. The molecule has 0 bridgehead atoms. The molecule has 0 amide bonds. The van der Waals surface area contributed by atoms with Crippen molar-refractivity contribution in [2.24, 2.45) is 0 Å². The number of fused-ring (bicyclic) bond motifs is 2. The van der Waals surface area contributed by atoms with Crippen LogP contribution in [0.2, 0.25) is 0 Å². The van der Waals surface area contributed by atoms with Crippen molar-refractivity contribution >= 4 is 11.3 Å². The Hall–Kier alpha value is -1.40. The Morgan fingerprint density at radius 2 is 2.04 bits per heavy atom. The summed E-state index contributed by atoms with van der Waals surface area (Å²) < 4.78 is 40.3. The number of aryl methyl sites for hydroxylation is 1. The standard InChI is InChI=1S/C17H17F3N2S/c18-17(19,20)14-5-4-11-2-1-3-12(11)13(14)8-22-7-6-15-16(9-22)23-10-21-15/h4-5,10H,1-3,6-9H2. The number of hydrogen-bond acceptors (Lipinski definition) is 3. The maximum atomic E-state index is 13.4. The predicted molar refractivity (Wildman–Crippen MR) is 83.4 cm³/mol. The Labute approximate surface area is 137 Å². The summed E-state index contributed by atoms with van der Waals surface area (Å²) in [6.07, 6.45) is -0.816. The van der Waals surface area contributed by atoms with Crippen LogP contribution in [0.4, 0.5) is 13.2 Å². The van der Waals surface area contributed by atoms with Gasteiger partial charge in [0.1, 0.15) is 0 Å². The second-order valence-electron chi connectivity index (χ2n) is 6.26. The molecule has 6 heteroatoms. The summed E-state index contributed by atoms with van der Waals surface area (Å²) in [7, 11) is 0. The van der Waals surface area contributed by atoms with Crippen molar-refractivity contribution in [3.63, 3.8) is 0 Å². The normalized spacial score (nSPS) is 18.0. The van der Waals surface area contributed by atoms with E-state index in [2.05, 4.69) is 9.88 Å². The first-order chi connectivity index (χ1) is 11.0. The molecular weight excluding hydrogens is 321 g/mol. The van der Waals surface area contributed by atoms with Crippen LogP contribution in [0.1, 0.15) is 39.2 Å². The van der Waals surface area contributed by atoms with Crippen molar-refractivity contribution in [2.45, 2.75) is 44.9 Å². The lowest BCUT2D eigenvalue weighted by atomic mass is 9.96. The molecule has 2 aromatic rings. The van der Waals surface area contributed by atoms with Gasteiger partial charge in [-0.2, -0.15) is 13.2 Å². The van der Waals surface area contributed by atoms with E-state index in [1.165, 1.54) is 10.9 Å². The summed E-state index contributed by atoms with van der Waals surface area (Å²) in [6.45, 7) is 1.87. The molecule has 2 nitrogen and oxygen atoms in total. The molecule has 0 unspecified atom stereocenters. The Balaban J connectivity index is 1.67. The first-order valence-corrected chi connectivity index (χ1v) is 8.75. The molecule has 1 aliphatic carbocycles. The molecule has 1 aromatic heterocycles. The molecule has 2 aliphatic rings. The van der Waals surface area contributed by atoms with E-state index < -0.39 is 11.7 Å². The number of hydrogen-bond donors (Lipinski definition) is 0. The molecular formula is C17H17F3N2S. The minimum Gasteiger partial charge on any atom is -0.294 e. The minimum atomic E-state index is -4.28. The fourth-order valence-corrected chi connectivity index (χ4v) is 4.57. The molecule has 2 heterocycles. The van der Waals surface area contributed by atoms with Crippen LogP contribution in [0, 0.1) is 0 Å². The summed E-state index contributed by atoms with van der Waals surface area (Å²) in [6, 6.07) is 2.95. The van der Waals surface area contributed by atoms with E-state index in [4.69, 9.17) is 0 Å². The third-order valence-corrected chi connectivity index (χ3v) is 5.71. The lowest BCUT2D eigenvalue weighted by Gasteiger charge is -2.28. The largest absolute Gasteiger partial charge is 0.416 e. The summed E-state index contributed by atoms with van der Waals surface area (Å²) in [4.78, 5) is 7.65. The van der Waals surface area contributed by atoms with Gasteiger partial charge in [-0.05, 0) is 42.0 Å². The average molecular weight is 338 g/mol. The van der Waals surface area contributed by atoms with E-state index in [9.17, 15) is 13.2 Å². The molecule has 0 fully saturated rings. The Morgan fingerprint density at radius 1 is 1.17 bits per heavy atom. The molecule has 0 spiro atoms. The highest BCUT2D eigenvalue weighted by atomic mass is 32.1. The Kier molecular flexibility index (Phi) is 3.69. The van der Waals surface area contributed by atoms with Gasteiger partial charge in [0.15, 0.2) is 0 Å². The third kappa shape index (κ3) is 2.78. The van der Waals surface area contributed by atoms with E-state index >= 15 is 0 Å². The smallest absolute Gasteiger partial charge is 0.294 e. The van der Waals surface area contributed by atoms with Gasteiger partial charge >= 0.3 is 6.18 Å². The minimum absolute atomic E-state index is 0.384. The molecule has 0 N–H and O–H groups in total. The van der Waals surface area contributed by atoms with Crippen LogP contribution in [-0.4, -0.2) is 16.4 Å². The van der Waals surface area contributed by atoms with Gasteiger partial charge < -0.3 is 0 Å². The van der Waals surface area contributed by atoms with E-state index in [1.54, 1.807) is 17.4 Å². The summed E-state index contributed by atoms with van der Waals surface area (Å²) in [5, 5.41) is 0. The number of aromatic nitrogens is 1. The lowest BCUT2D eigenvalue weighted by Crippen LogP contribution is -2.31. The first-order valence-electron chi connectivity index (χ1n) is 7.87. The predicted octanol–water partition coefficient (Wildman–Crippen LogP) is 4.21. The molecule has 0 radical (unpaired) electrons. The lowest BCUT2D eigenvalue weighted by molar-refractivity contribution is -0.138. The number of rotatable bonds is 2. The number of benzene rings is 1. The van der Waals surface area contributed by atoms with Gasteiger partial charge in [-0.3, -0.25) is 4.90 Å². The zero-order valence-electron chi connectivity index (χ0n) is 12.6. The second-order valence-corrected chi connectivity index (χ2v) is 7.20. The van der Waals surface area contributed by atoms with Gasteiger partial charge in [-0.25, -0.2) is 4.98 Å². The Bertz CT molecular complexity index is 736. The van der Waals surface area contributed by atoms with Gasteiger partial charge in [-0.15, -0.1) is 11.3 Å². The summed E-state index contributed by atoms with van der Waals surface area (Å²) >= 11 is 1.60. The van der Waals surface area contributed by atoms with Crippen molar-refractivity contribution < 1.29 is 13.2 Å². The van der Waals surface area contributed by atoms with Crippen molar-refractivity contribution in [3.8, 4) is 0 Å². The van der Waals surface area contributed by atoms with Crippen molar-refractivity contribution in [2.75, 3.05) is 6.54 Å². The molecule has 1 aromatic carbocycles. The number of nitrogens with zero attached hydrogens (tertiary/aromatic N) is 2. The fraction of sp³-hybridized carbons (Fsp3) is 0.471. The molecule has 122 valence electrons. The zero-order valence-corrected chi connectivity index (χ0v) is 13.4. The van der Waals surface area contributed by atoms with Crippen LogP contribution in [0.3, 0.4) is 0 Å². The van der Waals surface area contributed by atoms with Crippen LogP contribution in [0.25, 0.3) is 0 Å². The summed E-state index contributed by atoms with van der Waals surface area (Å²) in [5.41, 5.74) is 5.03. The molecule has 0 atom stereocenters. The van der Waals surface area contributed by atoms with E-state index in [-0.39, 0.29) is 0 Å². The number of halogens is 3. The van der Waals surface area contributed by atoms with E-state index in [0.717, 1.165) is 49.0 Å². The van der Waals surface area contributed by atoms with E-state index in [0.29, 0.717) is 18.7 Å². The number of thiazole rings is 1. The van der Waals surface area contributed by atoms with Crippen LogP contribution < -0.4 is 0 Å². The van der Waals surface area contributed by atoms with Gasteiger partial charge in [-0.1, -0.05) is 6.07 Å². The summed E-state index contributed by atoms with van der Waals surface area (Å²) in [5.74, 6) is 0. The third-order valence-electron chi connectivity index (χ3n) is 4.85. The molecule has 0 saturated heterocycles. The Morgan fingerprint density at radius 3 is 2.87 bits per heavy atom. The zero-order chi connectivity index (χ0) is 16.0. The number of alkyl halides is 3. The van der Waals surface area contributed by atoms with Crippen LogP contribution >= 0.6 is 11.3 Å². The molecule has 4 rings (SSSR count). The van der Waals surface area contributed by atoms with E-state index in [1.807, 2.05) is 5.51 Å². The van der Waals surface area contributed by atoms with Crippen LogP contribution in [0.5, 0.6) is 0 Å². The SMILES string of the molecule is FC(F)(F)c1ccc2c(c1CN1CCc3ncsc3C1)CCC2. The monoisotopic (exact) mass is 338 g/mol. The molecule has 23 heavy (non-hydrogen) atoms. The molecule has 0 saturated carbocycles. The van der Waals surface area contributed by atoms with Gasteiger partial charge in [0.2, 0.25) is 0 Å². The maximum absolute atomic E-state index is 13.4. The maximum Gasteiger partial charge on any atom is 0.416 e. The van der Waals surface area contributed by atoms with Crippen molar-refractivity contribution in [3.05, 3.63) is 50.5 Å². The average Bonchev–Trinajstić information content (AvgIpc) is 3.14. The second kappa shape index (κ2) is 5.60. The van der Waals surface area contributed by atoms with Crippen LogP contribution in [-0.2, 0) is 38.5 Å². The quantitative estimate of drug-likeness (QED) is 0.815. The van der Waals surface area contributed by atoms with Gasteiger partial charge in [0.25, 0.3) is 0 Å². The highest BCUT2D eigenvalue weighted by molar-refractivity contribution is 7.09. The van der Waals surface area contributed by atoms with Crippen molar-refractivity contribution in [1.82, 2.24) is 9.88 Å². The van der Waals surface area contributed by atoms with Crippen LogP contribution in [0.15, 0.2) is 17.6 Å². The fourth-order valence-electron chi connectivity index (χ4n) is 3.72. The van der Waals surface area contributed by atoms with Gasteiger partial charge in [0, 0.05) is 30.9 Å². The topological polar surface area (TPSA) is 16.1 Å². The highest BCUT2D eigenvalue weighted by Crippen LogP contribution is 2.38. The first kappa shape index (κ1) is 15.1. The van der Waals surface area contributed by atoms with Crippen molar-refractivity contribution in [1.29, 1.82) is 0 Å².